The molecule has 0 heterocycles. The quantitative estimate of drug-likeness (QED) is 0.260. The molecule has 0 aliphatic carbocycles. The Labute approximate surface area is 97.0 Å². The summed E-state index contributed by atoms with van der Waals surface area (Å²) in [5.41, 5.74) is 0.537. The molecule has 0 aromatic carbocycles. The predicted molar refractivity (Wildman–Crippen MR) is 63.6 cm³/mol. The zero-order valence-corrected chi connectivity index (χ0v) is 10.2. The van der Waals surface area contributed by atoms with E-state index < -0.39 is 5.97 Å². The number of nitrogens with zero attached hydrogens (tertiary/aromatic N) is 1. The maximum atomic E-state index is 11.2. The fourth-order valence-corrected chi connectivity index (χ4v) is 1.55. The van der Waals surface area contributed by atoms with Gasteiger partial charge < -0.3 is 0 Å². The molecule has 0 aromatic rings. The van der Waals surface area contributed by atoms with Gasteiger partial charge in [0.05, 0.1) is 0 Å². The maximum absolute atomic E-state index is 11.2. The lowest BCUT2D eigenvalue weighted by atomic mass is 10.1. The van der Waals surface area contributed by atoms with Crippen LogP contribution < -0.4 is 0 Å². The number of unbranched alkanes of at least 4 members (excludes halogenated alkanes) is 5. The summed E-state index contributed by atoms with van der Waals surface area (Å²) in [4.78, 5) is 25.0. The summed E-state index contributed by atoms with van der Waals surface area (Å²) in [5, 5.41) is 2.13. The molecule has 0 bridgehead atoms. The zero-order valence-electron chi connectivity index (χ0n) is 10.2. The maximum Gasteiger partial charge on any atom is 0.364 e. The highest BCUT2D eigenvalue weighted by Crippen LogP contribution is 2.13. The van der Waals surface area contributed by atoms with Gasteiger partial charge in [0.2, 0.25) is 0 Å². The van der Waals surface area contributed by atoms with Crippen molar-refractivity contribution in [3.05, 3.63) is 16.6 Å². The number of allylic oxidation sites excluding steroid dienone is 1. The molecule has 0 radical (unpaired) electrons. The van der Waals surface area contributed by atoms with Crippen LogP contribution in [-0.4, -0.2) is 5.97 Å². The van der Waals surface area contributed by atoms with E-state index >= 15 is 0 Å². The van der Waals surface area contributed by atoms with Crippen molar-refractivity contribution in [1.29, 1.82) is 0 Å². The van der Waals surface area contributed by atoms with Gasteiger partial charge in [-0.1, -0.05) is 45.1 Å². The summed E-state index contributed by atoms with van der Waals surface area (Å²) in [6.07, 6.45) is 9.37. The molecule has 0 aliphatic rings. The predicted octanol–water partition coefficient (Wildman–Crippen LogP) is 3.91. The van der Waals surface area contributed by atoms with Crippen molar-refractivity contribution in [3.8, 4) is 0 Å². The van der Waals surface area contributed by atoms with Gasteiger partial charge in [0, 0.05) is 5.57 Å². The van der Waals surface area contributed by atoms with Crippen LogP contribution in [0.2, 0.25) is 0 Å². The molecular formula is C12H21NO3. The van der Waals surface area contributed by atoms with Crippen LogP contribution in [0.25, 0.3) is 0 Å². The highest BCUT2D eigenvalue weighted by molar-refractivity contribution is 5.88. The van der Waals surface area contributed by atoms with E-state index in [0.29, 0.717) is 12.0 Å². The van der Waals surface area contributed by atoms with Gasteiger partial charge in [-0.15, -0.1) is 4.91 Å². The first kappa shape index (κ1) is 14.8. The summed E-state index contributed by atoms with van der Waals surface area (Å²) in [6.45, 7) is 3.94. The molecule has 4 heteroatoms. The van der Waals surface area contributed by atoms with Gasteiger partial charge in [-0.05, 0) is 19.8 Å². The van der Waals surface area contributed by atoms with Crippen LogP contribution in [0.3, 0.4) is 0 Å². The van der Waals surface area contributed by atoms with Gasteiger partial charge in [0.25, 0.3) is 0 Å². The Hall–Kier alpha value is -1.19. The lowest BCUT2D eigenvalue weighted by Gasteiger charge is -2.02. The second-order valence-electron chi connectivity index (χ2n) is 3.78. The number of rotatable bonds is 9. The summed E-state index contributed by atoms with van der Waals surface area (Å²) in [7, 11) is 0. The van der Waals surface area contributed by atoms with Crippen molar-refractivity contribution in [2.45, 2.75) is 58.8 Å². The molecule has 0 fully saturated rings. The average Bonchev–Trinajstić information content (AvgIpc) is 2.28. The Morgan fingerprint density at radius 3 is 2.38 bits per heavy atom. The Balaban J connectivity index is 3.64. The third-order valence-corrected chi connectivity index (χ3v) is 2.53. The number of hydrogen-bond acceptors (Lipinski definition) is 4. The molecule has 0 spiro atoms. The fraction of sp³-hybridized carbons (Fsp3) is 0.750. The Morgan fingerprint density at radius 2 is 1.81 bits per heavy atom. The Morgan fingerprint density at radius 1 is 1.19 bits per heavy atom. The third-order valence-electron chi connectivity index (χ3n) is 2.53. The average molecular weight is 227 g/mol. The second-order valence-corrected chi connectivity index (χ2v) is 3.78. The van der Waals surface area contributed by atoms with E-state index in [1.165, 1.54) is 25.7 Å². The van der Waals surface area contributed by atoms with Crippen LogP contribution in [0, 0.1) is 4.91 Å². The first-order valence-electron chi connectivity index (χ1n) is 5.95. The minimum atomic E-state index is -0.619. The van der Waals surface area contributed by atoms with Gasteiger partial charge >= 0.3 is 5.97 Å². The molecular weight excluding hydrogens is 206 g/mol. The minimum Gasteiger partial charge on any atom is -0.279 e. The van der Waals surface area contributed by atoms with E-state index in [4.69, 9.17) is 0 Å². The van der Waals surface area contributed by atoms with Gasteiger partial charge in [0.1, 0.15) is 0 Å². The van der Waals surface area contributed by atoms with Crippen LogP contribution in [-0.2, 0) is 9.63 Å². The summed E-state index contributed by atoms with van der Waals surface area (Å²) < 4.78 is 0. The number of carbonyl (C=O) groups excluding carboxylic acids is 1. The monoisotopic (exact) mass is 227 g/mol. The van der Waals surface area contributed by atoms with Crippen molar-refractivity contribution in [1.82, 2.24) is 0 Å². The molecule has 0 unspecified atom stereocenters. The molecule has 0 aliphatic heterocycles. The highest BCUT2D eigenvalue weighted by atomic mass is 16.7. The molecule has 4 nitrogen and oxygen atoms in total. The van der Waals surface area contributed by atoms with Crippen LogP contribution in [0.5, 0.6) is 0 Å². The lowest BCUT2D eigenvalue weighted by Crippen LogP contribution is -2.03. The summed E-state index contributed by atoms with van der Waals surface area (Å²) >= 11 is 0. The minimum absolute atomic E-state index is 0.537. The smallest absolute Gasteiger partial charge is 0.279 e. The van der Waals surface area contributed by atoms with Crippen LogP contribution >= 0.6 is 0 Å². The molecule has 0 rings (SSSR count). The Kier molecular flexibility index (Phi) is 9.56. The van der Waals surface area contributed by atoms with E-state index in [-0.39, 0.29) is 0 Å². The summed E-state index contributed by atoms with van der Waals surface area (Å²) in [6, 6.07) is 0. The number of hydrogen-bond donors (Lipinski definition) is 0. The van der Waals surface area contributed by atoms with Crippen LogP contribution in [0.1, 0.15) is 58.8 Å². The standard InChI is InChI=1S/C12H21NO3/c1-3-5-6-7-8-9-10-11(4-2)12(14)16-13-15/h4H,3,5-10H2,1-2H3/b11-4+. The highest BCUT2D eigenvalue weighted by Gasteiger charge is 2.10. The van der Waals surface area contributed by atoms with E-state index in [0.717, 1.165) is 12.8 Å². The van der Waals surface area contributed by atoms with E-state index in [1.807, 2.05) is 0 Å². The molecule has 0 saturated carbocycles. The molecule has 0 N–H and O–H groups in total. The molecule has 92 valence electrons. The zero-order chi connectivity index (χ0) is 12.2. The topological polar surface area (TPSA) is 55.7 Å². The first-order chi connectivity index (χ1) is 7.76. The lowest BCUT2D eigenvalue weighted by molar-refractivity contribution is -0.139. The fourth-order valence-electron chi connectivity index (χ4n) is 1.55. The van der Waals surface area contributed by atoms with Crippen molar-refractivity contribution >= 4 is 5.97 Å². The normalized spacial score (nSPS) is 11.2. The number of carbonyl (C=O) groups is 1. The van der Waals surface area contributed by atoms with Gasteiger partial charge in [-0.3, -0.25) is 4.84 Å². The largest absolute Gasteiger partial charge is 0.364 e. The molecule has 0 aromatic heterocycles. The van der Waals surface area contributed by atoms with Crippen LogP contribution in [0.15, 0.2) is 17.0 Å². The van der Waals surface area contributed by atoms with Crippen molar-refractivity contribution in [3.63, 3.8) is 0 Å². The van der Waals surface area contributed by atoms with Crippen molar-refractivity contribution in [2.75, 3.05) is 0 Å². The second kappa shape index (κ2) is 10.3. The van der Waals surface area contributed by atoms with Crippen molar-refractivity contribution in [2.24, 2.45) is 5.34 Å². The molecule has 0 saturated heterocycles. The SMILES string of the molecule is C/C=C(\CCCCCCCC)C(=O)ON=O. The van der Waals surface area contributed by atoms with Crippen LogP contribution in [0.4, 0.5) is 0 Å². The Bertz CT molecular complexity index is 236. The molecule has 0 amide bonds. The summed E-state index contributed by atoms with van der Waals surface area (Å²) in [5.74, 6) is -0.619. The van der Waals surface area contributed by atoms with Gasteiger partial charge in [-0.2, -0.15) is 0 Å². The van der Waals surface area contributed by atoms with Crippen molar-refractivity contribution < 1.29 is 9.63 Å². The van der Waals surface area contributed by atoms with Gasteiger partial charge in [0.15, 0.2) is 5.34 Å². The third kappa shape index (κ3) is 7.15. The first-order valence-corrected chi connectivity index (χ1v) is 5.95. The van der Waals surface area contributed by atoms with E-state index in [9.17, 15) is 9.70 Å². The van der Waals surface area contributed by atoms with Gasteiger partial charge in [-0.25, -0.2) is 4.79 Å². The van der Waals surface area contributed by atoms with E-state index in [2.05, 4.69) is 17.1 Å². The van der Waals surface area contributed by atoms with E-state index in [1.54, 1.807) is 13.0 Å². The molecule has 16 heavy (non-hydrogen) atoms. The molecule has 0 atom stereocenters.